The summed E-state index contributed by atoms with van der Waals surface area (Å²) in [6.07, 6.45) is 3.30. The van der Waals surface area contributed by atoms with Crippen molar-refractivity contribution in [1.82, 2.24) is 20.1 Å². The molecule has 1 amide bonds. The van der Waals surface area contributed by atoms with Crippen LogP contribution in [0.3, 0.4) is 0 Å². The molecule has 2 aromatic carbocycles. The van der Waals surface area contributed by atoms with E-state index in [1.54, 1.807) is 16.9 Å². The van der Waals surface area contributed by atoms with E-state index < -0.39 is 5.97 Å². The molecule has 0 atom stereocenters. The molecule has 0 bridgehead atoms. The van der Waals surface area contributed by atoms with Crippen molar-refractivity contribution in [3.63, 3.8) is 0 Å². The summed E-state index contributed by atoms with van der Waals surface area (Å²) in [5, 5.41) is 7.73. The van der Waals surface area contributed by atoms with Gasteiger partial charge in [0, 0.05) is 18.7 Å². The number of nitrogens with zero attached hydrogens (tertiary/aromatic N) is 3. The lowest BCUT2D eigenvalue weighted by Gasteiger charge is -2.09. The van der Waals surface area contributed by atoms with Crippen LogP contribution in [0.2, 0.25) is 0 Å². The van der Waals surface area contributed by atoms with Crippen LogP contribution in [0.15, 0.2) is 72.9 Å². The molecule has 0 saturated heterocycles. The summed E-state index contributed by atoms with van der Waals surface area (Å²) in [6, 6.07) is 21.4. The van der Waals surface area contributed by atoms with Crippen molar-refractivity contribution in [3.05, 3.63) is 84.1 Å². The maximum absolute atomic E-state index is 12.9. The molecular weight excluding hydrogens is 416 g/mol. The van der Waals surface area contributed by atoms with Gasteiger partial charge in [0.25, 0.3) is 5.91 Å². The average Bonchev–Trinajstić information content (AvgIpc) is 3.29. The summed E-state index contributed by atoms with van der Waals surface area (Å²) >= 11 is 0. The van der Waals surface area contributed by atoms with Crippen LogP contribution in [-0.4, -0.2) is 39.8 Å². The van der Waals surface area contributed by atoms with Gasteiger partial charge in [0.05, 0.1) is 22.8 Å². The van der Waals surface area contributed by atoms with Crippen LogP contribution in [-0.2, 0) is 22.5 Å². The molecule has 7 nitrogen and oxygen atoms in total. The molecule has 0 spiro atoms. The summed E-state index contributed by atoms with van der Waals surface area (Å²) in [5.41, 5.74) is 3.71. The molecule has 1 N–H and O–H groups in total. The molecule has 0 fully saturated rings. The monoisotopic (exact) mass is 442 g/mol. The standard InChI is InChI=1S/C26H26N4O3/c1-2-30-25-22(17-28-30)21(16-23(29-25)20-13-7-4-8-14-20)26(32)33-18-24(31)27-15-9-12-19-10-5-3-6-11-19/h3-8,10-11,13-14,16-17H,2,9,12,15,18H2,1H3,(H,27,31). The second kappa shape index (κ2) is 10.5. The number of hydrogen-bond donors (Lipinski definition) is 1. The molecule has 2 heterocycles. The molecule has 2 aromatic heterocycles. The summed E-state index contributed by atoms with van der Waals surface area (Å²) in [7, 11) is 0. The Balaban J connectivity index is 1.41. The largest absolute Gasteiger partial charge is 0.452 e. The van der Waals surface area contributed by atoms with Crippen LogP contribution in [0.4, 0.5) is 0 Å². The third kappa shape index (κ3) is 5.44. The van der Waals surface area contributed by atoms with Crippen LogP contribution in [0.5, 0.6) is 0 Å². The van der Waals surface area contributed by atoms with Crippen LogP contribution < -0.4 is 5.32 Å². The van der Waals surface area contributed by atoms with Gasteiger partial charge in [-0.05, 0) is 31.4 Å². The number of amides is 1. The average molecular weight is 443 g/mol. The van der Waals surface area contributed by atoms with Gasteiger partial charge in [0.15, 0.2) is 12.3 Å². The molecule has 0 aliphatic heterocycles. The second-order valence-corrected chi connectivity index (χ2v) is 7.63. The van der Waals surface area contributed by atoms with Gasteiger partial charge < -0.3 is 10.1 Å². The Bertz CT molecular complexity index is 1240. The molecule has 0 aliphatic carbocycles. The molecular formula is C26H26N4O3. The molecule has 0 radical (unpaired) electrons. The van der Waals surface area contributed by atoms with Gasteiger partial charge in [-0.1, -0.05) is 60.7 Å². The first-order valence-electron chi connectivity index (χ1n) is 11.1. The maximum atomic E-state index is 12.9. The quantitative estimate of drug-likeness (QED) is 0.313. The van der Waals surface area contributed by atoms with Crippen molar-refractivity contribution in [2.45, 2.75) is 26.3 Å². The first kappa shape index (κ1) is 22.2. The summed E-state index contributed by atoms with van der Waals surface area (Å²) in [6.45, 7) is 2.76. The molecule has 0 aliphatic rings. The minimum atomic E-state index is -0.574. The van der Waals surface area contributed by atoms with Crippen molar-refractivity contribution in [2.75, 3.05) is 13.2 Å². The highest BCUT2D eigenvalue weighted by molar-refractivity contribution is 6.04. The van der Waals surface area contributed by atoms with E-state index in [2.05, 4.69) is 22.5 Å². The second-order valence-electron chi connectivity index (χ2n) is 7.63. The zero-order valence-corrected chi connectivity index (χ0v) is 18.5. The fourth-order valence-electron chi connectivity index (χ4n) is 3.63. The minimum absolute atomic E-state index is 0.325. The number of benzene rings is 2. The molecule has 4 rings (SSSR count). The first-order valence-corrected chi connectivity index (χ1v) is 11.1. The van der Waals surface area contributed by atoms with Crippen molar-refractivity contribution in [3.8, 4) is 11.3 Å². The van der Waals surface area contributed by atoms with E-state index in [1.165, 1.54) is 5.56 Å². The number of hydrogen-bond acceptors (Lipinski definition) is 5. The van der Waals surface area contributed by atoms with E-state index in [1.807, 2.05) is 55.5 Å². The lowest BCUT2D eigenvalue weighted by Crippen LogP contribution is -2.29. The van der Waals surface area contributed by atoms with E-state index in [-0.39, 0.29) is 12.5 Å². The number of pyridine rings is 1. The number of aryl methyl sites for hydroxylation is 2. The third-order valence-corrected chi connectivity index (χ3v) is 5.34. The number of esters is 1. The highest BCUT2D eigenvalue weighted by Crippen LogP contribution is 2.25. The predicted octanol–water partition coefficient (Wildman–Crippen LogP) is 4.02. The lowest BCUT2D eigenvalue weighted by atomic mass is 10.1. The van der Waals surface area contributed by atoms with Gasteiger partial charge in [-0.15, -0.1) is 0 Å². The number of fused-ring (bicyclic) bond motifs is 1. The van der Waals surface area contributed by atoms with E-state index in [4.69, 9.17) is 9.72 Å². The Morgan fingerprint density at radius 3 is 2.48 bits per heavy atom. The molecule has 0 saturated carbocycles. The smallest absolute Gasteiger partial charge is 0.339 e. The zero-order valence-electron chi connectivity index (χ0n) is 18.5. The third-order valence-electron chi connectivity index (χ3n) is 5.34. The predicted molar refractivity (Wildman–Crippen MR) is 127 cm³/mol. The molecule has 0 unspecified atom stereocenters. The molecule has 4 aromatic rings. The Kier molecular flexibility index (Phi) is 7.09. The minimum Gasteiger partial charge on any atom is -0.452 e. The topological polar surface area (TPSA) is 86.1 Å². The number of nitrogens with one attached hydrogen (secondary N) is 1. The van der Waals surface area contributed by atoms with E-state index >= 15 is 0 Å². The van der Waals surface area contributed by atoms with Gasteiger partial charge in [0.1, 0.15) is 0 Å². The van der Waals surface area contributed by atoms with E-state index in [0.29, 0.717) is 35.4 Å². The molecule has 168 valence electrons. The van der Waals surface area contributed by atoms with Crippen LogP contribution in [0, 0.1) is 0 Å². The highest BCUT2D eigenvalue weighted by Gasteiger charge is 2.19. The Labute approximate surface area is 192 Å². The molecule has 33 heavy (non-hydrogen) atoms. The number of ether oxygens (including phenoxy) is 1. The van der Waals surface area contributed by atoms with Crippen molar-refractivity contribution < 1.29 is 14.3 Å². The summed E-state index contributed by atoms with van der Waals surface area (Å²) < 4.78 is 7.07. The highest BCUT2D eigenvalue weighted by atomic mass is 16.5. The number of aromatic nitrogens is 3. The van der Waals surface area contributed by atoms with E-state index in [9.17, 15) is 9.59 Å². The molecule has 7 heteroatoms. The zero-order chi connectivity index (χ0) is 23.0. The van der Waals surface area contributed by atoms with Crippen molar-refractivity contribution in [2.24, 2.45) is 0 Å². The van der Waals surface area contributed by atoms with Gasteiger partial charge in [-0.3, -0.25) is 4.79 Å². The maximum Gasteiger partial charge on any atom is 0.339 e. The van der Waals surface area contributed by atoms with Gasteiger partial charge in [0.2, 0.25) is 0 Å². The normalized spacial score (nSPS) is 10.8. The summed E-state index contributed by atoms with van der Waals surface area (Å²) in [5.74, 6) is -0.899. The SMILES string of the molecule is CCn1ncc2c(C(=O)OCC(=O)NCCCc3ccccc3)cc(-c3ccccc3)nc21. The van der Waals surface area contributed by atoms with Crippen molar-refractivity contribution in [1.29, 1.82) is 0 Å². The Hall–Kier alpha value is -4.00. The fraction of sp³-hybridized carbons (Fsp3) is 0.231. The first-order chi connectivity index (χ1) is 16.2. The lowest BCUT2D eigenvalue weighted by molar-refractivity contribution is -0.124. The fourth-order valence-corrected chi connectivity index (χ4v) is 3.63. The van der Waals surface area contributed by atoms with E-state index in [0.717, 1.165) is 18.4 Å². The number of carbonyl (C=O) groups is 2. The van der Waals surface area contributed by atoms with Crippen LogP contribution >= 0.6 is 0 Å². The Morgan fingerprint density at radius 2 is 1.76 bits per heavy atom. The Morgan fingerprint density at radius 1 is 1.03 bits per heavy atom. The number of rotatable bonds is 9. The van der Waals surface area contributed by atoms with Crippen LogP contribution in [0.1, 0.15) is 29.3 Å². The summed E-state index contributed by atoms with van der Waals surface area (Å²) in [4.78, 5) is 29.8. The van der Waals surface area contributed by atoms with Gasteiger partial charge in [-0.2, -0.15) is 5.10 Å². The van der Waals surface area contributed by atoms with Gasteiger partial charge in [-0.25, -0.2) is 14.5 Å². The number of carbonyl (C=O) groups excluding carboxylic acids is 2. The van der Waals surface area contributed by atoms with Crippen LogP contribution in [0.25, 0.3) is 22.3 Å². The van der Waals surface area contributed by atoms with Gasteiger partial charge >= 0.3 is 5.97 Å². The van der Waals surface area contributed by atoms with Crippen molar-refractivity contribution >= 4 is 22.9 Å².